The minimum atomic E-state index is -4.72. The Morgan fingerprint density at radius 3 is 2.23 bits per heavy atom. The van der Waals surface area contributed by atoms with Crippen LogP contribution in [0.1, 0.15) is 30.9 Å². The van der Waals surface area contributed by atoms with Crippen molar-refractivity contribution in [2.75, 3.05) is 0 Å². The molecule has 0 atom stereocenters. The van der Waals surface area contributed by atoms with Crippen LogP contribution in [0.3, 0.4) is 0 Å². The summed E-state index contributed by atoms with van der Waals surface area (Å²) in [5.41, 5.74) is 0.413. The molecular formula is C16H20Cl4N2O3S. The van der Waals surface area contributed by atoms with Crippen molar-refractivity contribution in [1.29, 1.82) is 0 Å². The first-order chi connectivity index (χ1) is 12.0. The second-order valence-electron chi connectivity index (χ2n) is 5.63. The molecule has 146 valence electrons. The van der Waals surface area contributed by atoms with Gasteiger partial charge < -0.3 is 4.55 Å². The zero-order valence-electron chi connectivity index (χ0n) is 14.6. The van der Waals surface area contributed by atoms with E-state index in [0.29, 0.717) is 0 Å². The highest BCUT2D eigenvalue weighted by molar-refractivity contribution is 7.86. The SMILES string of the molecule is CCCCn1cc[n+](C)c1.Cc1c(CCl)c(Cl)c(Cl)c(Cl)c1S(=O)(=O)[O-]. The van der Waals surface area contributed by atoms with Crippen LogP contribution in [0.2, 0.25) is 15.1 Å². The molecule has 0 aliphatic heterocycles. The van der Waals surface area contributed by atoms with Crippen molar-refractivity contribution in [3.63, 3.8) is 0 Å². The van der Waals surface area contributed by atoms with E-state index in [9.17, 15) is 13.0 Å². The molecule has 2 aromatic rings. The van der Waals surface area contributed by atoms with E-state index in [4.69, 9.17) is 46.4 Å². The predicted octanol–water partition coefficient (Wildman–Crippen LogP) is 4.71. The molecule has 0 aliphatic rings. The lowest BCUT2D eigenvalue weighted by Crippen LogP contribution is -2.23. The molecule has 0 unspecified atom stereocenters. The number of hydrogen-bond acceptors (Lipinski definition) is 3. The van der Waals surface area contributed by atoms with E-state index in [1.807, 2.05) is 7.05 Å². The molecule has 0 radical (unpaired) electrons. The van der Waals surface area contributed by atoms with Crippen LogP contribution in [0.25, 0.3) is 0 Å². The third kappa shape index (κ3) is 6.01. The number of nitrogens with zero attached hydrogens (tertiary/aromatic N) is 2. The van der Waals surface area contributed by atoms with Crippen molar-refractivity contribution in [3.8, 4) is 0 Å². The van der Waals surface area contributed by atoms with E-state index in [0.717, 1.165) is 6.54 Å². The lowest BCUT2D eigenvalue weighted by Gasteiger charge is -2.17. The van der Waals surface area contributed by atoms with Gasteiger partial charge in [0.15, 0.2) is 0 Å². The Bertz CT molecular complexity index is 867. The fraction of sp³-hybridized carbons (Fsp3) is 0.438. The normalized spacial score (nSPS) is 11.2. The zero-order valence-corrected chi connectivity index (χ0v) is 18.4. The van der Waals surface area contributed by atoms with Gasteiger partial charge in [-0.3, -0.25) is 0 Å². The van der Waals surface area contributed by atoms with E-state index >= 15 is 0 Å². The molecule has 0 saturated heterocycles. The predicted molar refractivity (Wildman–Crippen MR) is 104 cm³/mol. The fourth-order valence-corrected chi connectivity index (χ4v) is 4.58. The summed E-state index contributed by atoms with van der Waals surface area (Å²) in [7, 11) is -2.68. The van der Waals surface area contributed by atoms with Crippen LogP contribution in [0.5, 0.6) is 0 Å². The molecule has 0 spiro atoms. The monoisotopic (exact) mass is 460 g/mol. The van der Waals surface area contributed by atoms with Crippen LogP contribution in [-0.4, -0.2) is 17.5 Å². The first-order valence-electron chi connectivity index (χ1n) is 7.73. The molecule has 0 amide bonds. The second kappa shape index (κ2) is 10.2. The summed E-state index contributed by atoms with van der Waals surface area (Å²) in [6, 6.07) is 0. The molecular weight excluding hydrogens is 442 g/mol. The summed E-state index contributed by atoms with van der Waals surface area (Å²) in [6.07, 6.45) is 8.82. The summed E-state index contributed by atoms with van der Waals surface area (Å²) in [4.78, 5) is -0.570. The Hall–Kier alpha value is -0.500. The van der Waals surface area contributed by atoms with Gasteiger partial charge in [0.1, 0.15) is 22.5 Å². The van der Waals surface area contributed by atoms with Gasteiger partial charge in [-0.05, 0) is 24.5 Å². The molecule has 2 rings (SSSR count). The van der Waals surface area contributed by atoms with Crippen molar-refractivity contribution in [3.05, 3.63) is 44.9 Å². The second-order valence-corrected chi connectivity index (χ2v) is 8.35. The number of rotatable bonds is 5. The van der Waals surface area contributed by atoms with Crippen LogP contribution in [0.4, 0.5) is 0 Å². The third-order valence-electron chi connectivity index (χ3n) is 3.62. The van der Waals surface area contributed by atoms with Gasteiger partial charge in [-0.15, -0.1) is 11.6 Å². The number of hydrogen-bond donors (Lipinski definition) is 0. The minimum absolute atomic E-state index is 0.0616. The van der Waals surface area contributed by atoms with E-state index in [2.05, 4.69) is 34.8 Å². The van der Waals surface area contributed by atoms with Gasteiger partial charge in [0.25, 0.3) is 0 Å². The number of aryl methyl sites for hydroxylation is 2. The molecule has 0 aliphatic carbocycles. The van der Waals surface area contributed by atoms with E-state index in [-0.39, 0.29) is 32.1 Å². The van der Waals surface area contributed by atoms with Gasteiger partial charge in [0, 0.05) is 5.88 Å². The molecule has 1 heterocycles. The number of benzene rings is 1. The van der Waals surface area contributed by atoms with Gasteiger partial charge in [-0.2, -0.15) is 0 Å². The highest BCUT2D eigenvalue weighted by Crippen LogP contribution is 2.41. The first kappa shape index (κ1) is 23.5. The number of halogens is 4. The number of imidazole rings is 1. The van der Waals surface area contributed by atoms with Gasteiger partial charge in [0.05, 0.1) is 33.6 Å². The lowest BCUT2D eigenvalue weighted by molar-refractivity contribution is -0.671. The molecule has 1 aromatic carbocycles. The number of unbranched alkanes of at least 4 members (excludes halogenated alkanes) is 1. The Labute approximate surface area is 174 Å². The van der Waals surface area contributed by atoms with Crippen molar-refractivity contribution in [1.82, 2.24) is 4.57 Å². The third-order valence-corrected chi connectivity index (χ3v) is 6.38. The van der Waals surface area contributed by atoms with Gasteiger partial charge >= 0.3 is 0 Å². The summed E-state index contributed by atoms with van der Waals surface area (Å²) in [5, 5.41) is -0.487. The van der Waals surface area contributed by atoms with Gasteiger partial charge in [-0.1, -0.05) is 48.1 Å². The number of aromatic nitrogens is 2. The largest absolute Gasteiger partial charge is 0.744 e. The Morgan fingerprint density at radius 2 is 1.81 bits per heavy atom. The van der Waals surface area contributed by atoms with Crippen molar-refractivity contribution < 1.29 is 17.5 Å². The molecule has 26 heavy (non-hydrogen) atoms. The molecule has 0 bridgehead atoms. The molecule has 0 N–H and O–H groups in total. The maximum Gasteiger partial charge on any atom is 0.243 e. The highest BCUT2D eigenvalue weighted by atomic mass is 35.5. The topological polar surface area (TPSA) is 66.0 Å². The molecule has 1 aromatic heterocycles. The molecule has 0 fully saturated rings. The molecule has 10 heteroatoms. The van der Waals surface area contributed by atoms with Crippen LogP contribution in [-0.2, 0) is 29.6 Å². The van der Waals surface area contributed by atoms with Crippen LogP contribution < -0.4 is 4.57 Å². The average Bonchev–Trinajstić information content (AvgIpc) is 2.96. The summed E-state index contributed by atoms with van der Waals surface area (Å²) >= 11 is 22.8. The van der Waals surface area contributed by atoms with Crippen molar-refractivity contribution >= 4 is 56.5 Å². The minimum Gasteiger partial charge on any atom is -0.744 e. The summed E-state index contributed by atoms with van der Waals surface area (Å²) in [5.74, 6) is -0.0654. The Morgan fingerprint density at radius 1 is 1.19 bits per heavy atom. The number of alkyl halides is 1. The standard InChI is InChI=1S/C8H6Cl4O3S.C8H15N2/c1-3-4(2-9)5(10)6(11)7(12)8(3)16(13,14)15;1-3-4-5-10-7-6-9(2)8-10/h2H2,1H3,(H,13,14,15);6-8H,3-5H2,1-2H3/q;+1/p-1. The summed E-state index contributed by atoms with van der Waals surface area (Å²) < 4.78 is 37.3. The highest BCUT2D eigenvalue weighted by Gasteiger charge is 2.21. The average molecular weight is 462 g/mol. The maximum absolute atomic E-state index is 11.0. The maximum atomic E-state index is 11.0. The first-order valence-corrected chi connectivity index (χ1v) is 10.8. The Kier molecular flexibility index (Phi) is 9.19. The zero-order chi connectivity index (χ0) is 20.1. The van der Waals surface area contributed by atoms with Crippen molar-refractivity contribution in [2.24, 2.45) is 7.05 Å². The quantitative estimate of drug-likeness (QED) is 0.280. The van der Waals surface area contributed by atoms with Gasteiger partial charge in [0.2, 0.25) is 6.33 Å². The Balaban J connectivity index is 0.000000289. The van der Waals surface area contributed by atoms with Gasteiger partial charge in [-0.25, -0.2) is 17.6 Å². The van der Waals surface area contributed by atoms with E-state index < -0.39 is 15.0 Å². The smallest absolute Gasteiger partial charge is 0.243 e. The summed E-state index contributed by atoms with van der Waals surface area (Å²) in [6.45, 7) is 4.76. The van der Waals surface area contributed by atoms with Crippen LogP contribution >= 0.6 is 46.4 Å². The van der Waals surface area contributed by atoms with E-state index in [1.54, 1.807) is 0 Å². The molecule has 0 saturated carbocycles. The van der Waals surface area contributed by atoms with Crippen LogP contribution in [0, 0.1) is 6.92 Å². The fourth-order valence-electron chi connectivity index (χ4n) is 2.23. The molecule has 5 nitrogen and oxygen atoms in total. The van der Waals surface area contributed by atoms with Crippen molar-refractivity contribution in [2.45, 2.75) is 44.0 Å². The van der Waals surface area contributed by atoms with E-state index in [1.165, 1.54) is 19.8 Å². The van der Waals surface area contributed by atoms with Crippen LogP contribution in [0.15, 0.2) is 23.6 Å². The lowest BCUT2D eigenvalue weighted by atomic mass is 10.1.